The molecule has 0 fully saturated rings. The molecule has 2 aromatic carbocycles. The monoisotopic (exact) mass is 370 g/mol. The van der Waals surface area contributed by atoms with Gasteiger partial charge >= 0.3 is 0 Å². The van der Waals surface area contributed by atoms with Crippen LogP contribution in [0.2, 0.25) is 5.02 Å². The Balaban J connectivity index is 2.07. The molecule has 1 atom stereocenters. The molecule has 0 heterocycles. The molecular weight excluding hydrogens is 355 g/mol. The van der Waals surface area contributed by atoms with Gasteiger partial charge in [0.25, 0.3) is 0 Å². The zero-order chi connectivity index (χ0) is 15.2. The summed E-state index contributed by atoms with van der Waals surface area (Å²) in [6, 6.07) is 12.7. The van der Waals surface area contributed by atoms with Gasteiger partial charge in [0.2, 0.25) is 0 Å². The molecule has 0 bridgehead atoms. The van der Waals surface area contributed by atoms with Crippen molar-refractivity contribution in [3.05, 3.63) is 64.4 Å². The van der Waals surface area contributed by atoms with Crippen molar-refractivity contribution in [2.75, 3.05) is 12.4 Å². The molecule has 2 rings (SSSR count). The molecule has 0 radical (unpaired) electrons. The van der Waals surface area contributed by atoms with Crippen molar-refractivity contribution in [3.8, 4) is 5.75 Å². The van der Waals surface area contributed by atoms with Crippen molar-refractivity contribution in [2.24, 2.45) is 5.92 Å². The van der Waals surface area contributed by atoms with Crippen molar-refractivity contribution in [2.45, 2.75) is 12.8 Å². The van der Waals surface area contributed by atoms with E-state index in [2.05, 4.69) is 15.9 Å². The van der Waals surface area contributed by atoms with Gasteiger partial charge in [0.15, 0.2) is 0 Å². The van der Waals surface area contributed by atoms with Gasteiger partial charge in [-0.15, -0.1) is 0 Å². The first-order valence-corrected chi connectivity index (χ1v) is 8.25. The molecule has 0 amide bonds. The Bertz CT molecular complexity index is 586. The highest BCUT2D eigenvalue weighted by molar-refractivity contribution is 9.09. The molecule has 1 nitrogen and oxygen atoms in total. The summed E-state index contributed by atoms with van der Waals surface area (Å²) in [4.78, 5) is 0. The Morgan fingerprint density at radius 3 is 2.48 bits per heavy atom. The molecule has 1 unspecified atom stereocenters. The fraction of sp³-hybridized carbons (Fsp3) is 0.294. The quantitative estimate of drug-likeness (QED) is 0.627. The number of benzene rings is 2. The van der Waals surface area contributed by atoms with Crippen molar-refractivity contribution in [1.82, 2.24) is 0 Å². The van der Waals surface area contributed by atoms with E-state index in [1.807, 2.05) is 24.3 Å². The van der Waals surface area contributed by atoms with Crippen LogP contribution < -0.4 is 4.74 Å². The Morgan fingerprint density at radius 2 is 1.86 bits per heavy atom. The molecule has 0 aliphatic carbocycles. The third-order valence-electron chi connectivity index (χ3n) is 3.42. The van der Waals surface area contributed by atoms with Gasteiger partial charge in [-0.3, -0.25) is 0 Å². The summed E-state index contributed by atoms with van der Waals surface area (Å²) in [5.74, 6) is 0.960. The number of alkyl halides is 1. The number of hydrogen-bond acceptors (Lipinski definition) is 1. The maximum Gasteiger partial charge on any atom is 0.126 e. The van der Waals surface area contributed by atoms with Gasteiger partial charge in [0.05, 0.1) is 7.11 Å². The highest BCUT2D eigenvalue weighted by Crippen LogP contribution is 2.22. The summed E-state index contributed by atoms with van der Waals surface area (Å²) in [6.07, 6.45) is 1.53. The molecule has 0 saturated heterocycles. The van der Waals surface area contributed by atoms with Gasteiger partial charge < -0.3 is 4.74 Å². The fourth-order valence-electron chi connectivity index (χ4n) is 2.29. The van der Waals surface area contributed by atoms with Crippen molar-refractivity contribution >= 4 is 27.5 Å². The van der Waals surface area contributed by atoms with Gasteiger partial charge in [0, 0.05) is 10.4 Å². The SMILES string of the molecule is COc1ccc(CC(CBr)Cc2cc(Cl)ccc2F)cc1. The van der Waals surface area contributed by atoms with Gasteiger partial charge in [-0.25, -0.2) is 4.39 Å². The average Bonchev–Trinajstić information content (AvgIpc) is 2.51. The molecule has 0 spiro atoms. The smallest absolute Gasteiger partial charge is 0.126 e. The van der Waals surface area contributed by atoms with Crippen LogP contribution in [0.3, 0.4) is 0 Å². The first-order valence-electron chi connectivity index (χ1n) is 6.75. The van der Waals surface area contributed by atoms with Gasteiger partial charge in [-0.2, -0.15) is 0 Å². The number of halogens is 3. The zero-order valence-corrected chi connectivity index (χ0v) is 14.1. The molecular formula is C17H17BrClFO. The minimum atomic E-state index is -0.194. The fourth-order valence-corrected chi connectivity index (χ4v) is 2.94. The van der Waals surface area contributed by atoms with Crippen molar-refractivity contribution in [3.63, 3.8) is 0 Å². The van der Waals surface area contributed by atoms with Crippen molar-refractivity contribution < 1.29 is 9.13 Å². The Kier molecular flexibility index (Phi) is 6.07. The second-order valence-corrected chi connectivity index (χ2v) is 6.10. The van der Waals surface area contributed by atoms with Crippen LogP contribution in [0.25, 0.3) is 0 Å². The van der Waals surface area contributed by atoms with E-state index in [4.69, 9.17) is 16.3 Å². The van der Waals surface area contributed by atoms with Gasteiger partial charge in [-0.05, 0) is 60.2 Å². The summed E-state index contributed by atoms with van der Waals surface area (Å²) in [5, 5.41) is 1.38. The minimum Gasteiger partial charge on any atom is -0.497 e. The van der Waals surface area contributed by atoms with E-state index < -0.39 is 0 Å². The first kappa shape index (κ1) is 16.3. The third-order valence-corrected chi connectivity index (χ3v) is 4.57. The number of hydrogen-bond donors (Lipinski definition) is 0. The van der Waals surface area contributed by atoms with Crippen LogP contribution in [-0.4, -0.2) is 12.4 Å². The summed E-state index contributed by atoms with van der Waals surface area (Å²) >= 11 is 9.47. The lowest BCUT2D eigenvalue weighted by atomic mass is 9.94. The lowest BCUT2D eigenvalue weighted by Gasteiger charge is -2.15. The number of rotatable bonds is 6. The molecule has 21 heavy (non-hydrogen) atoms. The van der Waals surface area contributed by atoms with Crippen LogP contribution in [0.4, 0.5) is 4.39 Å². The predicted molar refractivity (Wildman–Crippen MR) is 89.1 cm³/mol. The lowest BCUT2D eigenvalue weighted by Crippen LogP contribution is -2.11. The summed E-state index contributed by atoms with van der Waals surface area (Å²) in [6.45, 7) is 0. The number of ether oxygens (including phenoxy) is 1. The standard InChI is InChI=1S/C17H17BrClFO/c1-21-16-5-2-12(3-6-16)8-13(11-18)9-14-10-15(19)4-7-17(14)20/h2-7,10,13H,8-9,11H2,1H3. The van der Waals surface area contributed by atoms with E-state index in [9.17, 15) is 4.39 Å². The van der Waals surface area contributed by atoms with E-state index in [1.54, 1.807) is 19.2 Å². The molecule has 0 aliphatic rings. The van der Waals surface area contributed by atoms with Crippen LogP contribution in [-0.2, 0) is 12.8 Å². The Hall–Kier alpha value is -1.06. The van der Waals surface area contributed by atoms with Crippen molar-refractivity contribution in [1.29, 1.82) is 0 Å². The lowest BCUT2D eigenvalue weighted by molar-refractivity contribution is 0.414. The first-order chi connectivity index (χ1) is 10.1. The van der Waals surface area contributed by atoms with Crippen LogP contribution >= 0.6 is 27.5 Å². The van der Waals surface area contributed by atoms with Crippen LogP contribution in [0.5, 0.6) is 5.75 Å². The largest absolute Gasteiger partial charge is 0.497 e. The predicted octanol–water partition coefficient (Wildman–Crippen LogP) is 5.28. The summed E-state index contributed by atoms with van der Waals surface area (Å²) < 4.78 is 19.0. The van der Waals surface area contributed by atoms with E-state index in [1.165, 1.54) is 11.6 Å². The normalized spacial score (nSPS) is 12.2. The number of methoxy groups -OCH3 is 1. The molecule has 2 aromatic rings. The summed E-state index contributed by atoms with van der Waals surface area (Å²) in [7, 11) is 1.65. The molecule has 4 heteroatoms. The molecule has 0 N–H and O–H groups in total. The van der Waals surface area contributed by atoms with Crippen LogP contribution in [0.1, 0.15) is 11.1 Å². The highest BCUT2D eigenvalue weighted by atomic mass is 79.9. The molecule has 0 aliphatic heterocycles. The van der Waals surface area contributed by atoms with E-state index in [-0.39, 0.29) is 5.82 Å². The van der Waals surface area contributed by atoms with Gasteiger partial charge in [0.1, 0.15) is 11.6 Å². The Morgan fingerprint density at radius 1 is 1.14 bits per heavy atom. The molecule has 0 saturated carbocycles. The van der Waals surface area contributed by atoms with Gasteiger partial charge in [-0.1, -0.05) is 39.7 Å². The topological polar surface area (TPSA) is 9.23 Å². The van der Waals surface area contributed by atoms with E-state index in [0.717, 1.165) is 17.5 Å². The maximum atomic E-state index is 13.8. The minimum absolute atomic E-state index is 0.194. The third kappa shape index (κ3) is 4.72. The van der Waals surface area contributed by atoms with E-state index in [0.29, 0.717) is 22.9 Å². The maximum absolute atomic E-state index is 13.8. The zero-order valence-electron chi connectivity index (χ0n) is 11.8. The summed E-state index contributed by atoms with van der Waals surface area (Å²) in [5.41, 5.74) is 1.88. The molecule has 112 valence electrons. The highest BCUT2D eigenvalue weighted by Gasteiger charge is 2.13. The molecule has 0 aromatic heterocycles. The average molecular weight is 372 g/mol. The van der Waals surface area contributed by atoms with Crippen LogP contribution in [0.15, 0.2) is 42.5 Å². The Labute approximate surface area is 138 Å². The second kappa shape index (κ2) is 7.81. The van der Waals surface area contributed by atoms with Crippen LogP contribution in [0, 0.1) is 11.7 Å². The second-order valence-electron chi connectivity index (χ2n) is 5.01. The van der Waals surface area contributed by atoms with E-state index >= 15 is 0 Å².